The summed E-state index contributed by atoms with van der Waals surface area (Å²) in [7, 11) is 1.36. The van der Waals surface area contributed by atoms with Gasteiger partial charge in [-0.05, 0) is 48.4 Å². The third kappa shape index (κ3) is 2.87. The van der Waals surface area contributed by atoms with Gasteiger partial charge in [0, 0.05) is 16.9 Å². The molecule has 126 valence electrons. The standard InChI is InChI=1S/C20H14BNO3S/c1-12-15-8-3-2-4-9-17(15)26-18(12)16-11-24-19(22-16)13-6-5-7-14(10-13)20(23)25-21/h3,5-8,10-11H,9,21H2,1H3. The van der Waals surface area contributed by atoms with Crippen LogP contribution in [-0.4, -0.2) is 19.0 Å². The van der Waals surface area contributed by atoms with Crippen molar-refractivity contribution in [3.8, 4) is 33.9 Å². The Morgan fingerprint density at radius 2 is 2.31 bits per heavy atom. The average Bonchev–Trinajstić information content (AvgIpc) is 3.19. The van der Waals surface area contributed by atoms with Gasteiger partial charge in [0.1, 0.15) is 12.0 Å². The molecular weight excluding hydrogens is 345 g/mol. The molecule has 4 rings (SSSR count). The molecule has 1 aromatic carbocycles. The minimum atomic E-state index is -0.385. The number of hydrogen-bond donors (Lipinski definition) is 0. The predicted molar refractivity (Wildman–Crippen MR) is 104 cm³/mol. The molecule has 2 aromatic heterocycles. The van der Waals surface area contributed by atoms with Gasteiger partial charge >= 0.3 is 14.0 Å². The quantitative estimate of drug-likeness (QED) is 0.529. The number of aromatic nitrogens is 1. The van der Waals surface area contributed by atoms with Crippen LogP contribution in [0.4, 0.5) is 0 Å². The normalized spacial score (nSPS) is 12.0. The highest BCUT2D eigenvalue weighted by atomic mass is 32.1. The highest BCUT2D eigenvalue weighted by molar-refractivity contribution is 7.16. The summed E-state index contributed by atoms with van der Waals surface area (Å²) in [5.74, 6) is 6.24. The lowest BCUT2D eigenvalue weighted by Gasteiger charge is -2.01. The molecule has 2 heterocycles. The molecule has 1 aliphatic carbocycles. The molecule has 3 aromatic rings. The van der Waals surface area contributed by atoms with E-state index in [0.29, 0.717) is 11.5 Å². The van der Waals surface area contributed by atoms with Crippen LogP contribution in [0.1, 0.15) is 26.4 Å². The van der Waals surface area contributed by atoms with Crippen molar-refractivity contribution in [1.82, 2.24) is 4.98 Å². The molecule has 6 heteroatoms. The van der Waals surface area contributed by atoms with Crippen molar-refractivity contribution in [2.24, 2.45) is 0 Å². The van der Waals surface area contributed by atoms with Gasteiger partial charge in [0.15, 0.2) is 0 Å². The highest BCUT2D eigenvalue weighted by Gasteiger charge is 2.18. The monoisotopic (exact) mass is 359 g/mol. The van der Waals surface area contributed by atoms with Gasteiger partial charge in [-0.25, -0.2) is 9.78 Å². The number of carbonyl (C=O) groups excluding carboxylic acids is 1. The Bertz CT molecular complexity index is 1100. The van der Waals surface area contributed by atoms with E-state index in [1.807, 2.05) is 12.1 Å². The molecule has 4 nitrogen and oxygen atoms in total. The van der Waals surface area contributed by atoms with E-state index in [9.17, 15) is 4.79 Å². The number of allylic oxidation sites excluding steroid dienone is 1. The van der Waals surface area contributed by atoms with Gasteiger partial charge in [-0.2, -0.15) is 0 Å². The van der Waals surface area contributed by atoms with Crippen LogP contribution in [-0.2, 0) is 11.1 Å². The van der Waals surface area contributed by atoms with Gasteiger partial charge in [0.25, 0.3) is 0 Å². The van der Waals surface area contributed by atoms with Crippen molar-refractivity contribution < 1.29 is 13.9 Å². The predicted octanol–water partition coefficient (Wildman–Crippen LogP) is 3.66. The SMILES string of the molecule is BOC(=O)c1cccc(-c2nc(-c3sc4c(c3C)C=CC#CC4)co2)c1. The van der Waals surface area contributed by atoms with Gasteiger partial charge in [-0.15, -0.1) is 11.3 Å². The Morgan fingerprint density at radius 3 is 3.15 bits per heavy atom. The number of rotatable bonds is 3. The molecule has 0 amide bonds. The van der Waals surface area contributed by atoms with E-state index in [0.717, 1.165) is 22.6 Å². The zero-order valence-electron chi connectivity index (χ0n) is 14.3. The first kappa shape index (κ1) is 16.4. The topological polar surface area (TPSA) is 52.3 Å². The Morgan fingerprint density at radius 1 is 1.42 bits per heavy atom. The molecule has 0 bridgehead atoms. The number of oxazole rings is 1. The Kier molecular flexibility index (Phi) is 4.23. The van der Waals surface area contributed by atoms with Crippen molar-refractivity contribution in [1.29, 1.82) is 0 Å². The Labute approximate surface area is 156 Å². The second kappa shape index (κ2) is 6.70. The summed E-state index contributed by atoms with van der Waals surface area (Å²) in [5.41, 5.74) is 4.38. The molecule has 0 saturated heterocycles. The summed E-state index contributed by atoms with van der Waals surface area (Å²) in [6.45, 7) is 2.09. The van der Waals surface area contributed by atoms with Crippen LogP contribution in [0.3, 0.4) is 0 Å². The van der Waals surface area contributed by atoms with E-state index in [1.54, 1.807) is 35.8 Å². The highest BCUT2D eigenvalue weighted by Crippen LogP contribution is 2.38. The largest absolute Gasteiger partial charge is 0.540 e. The van der Waals surface area contributed by atoms with Crippen LogP contribution in [0, 0.1) is 18.8 Å². The lowest BCUT2D eigenvalue weighted by Crippen LogP contribution is -2.01. The van der Waals surface area contributed by atoms with Gasteiger partial charge in [0.2, 0.25) is 5.89 Å². The summed E-state index contributed by atoms with van der Waals surface area (Å²) in [6.07, 6.45) is 6.36. The van der Waals surface area contributed by atoms with E-state index < -0.39 is 0 Å². The van der Waals surface area contributed by atoms with E-state index in [2.05, 4.69) is 29.8 Å². The summed E-state index contributed by atoms with van der Waals surface area (Å²) in [6, 6.07) is 7.06. The first-order valence-corrected chi connectivity index (χ1v) is 8.91. The molecule has 0 fully saturated rings. The summed E-state index contributed by atoms with van der Waals surface area (Å²) in [5, 5.41) is 0. The van der Waals surface area contributed by atoms with E-state index >= 15 is 0 Å². The maximum atomic E-state index is 11.7. The smallest absolute Gasteiger partial charge is 0.326 e. The van der Waals surface area contributed by atoms with Crippen molar-refractivity contribution >= 4 is 31.4 Å². The second-order valence-electron chi connectivity index (χ2n) is 5.83. The van der Waals surface area contributed by atoms with Crippen molar-refractivity contribution in [3.63, 3.8) is 0 Å². The van der Waals surface area contributed by atoms with Crippen molar-refractivity contribution in [3.05, 3.63) is 58.2 Å². The molecule has 0 atom stereocenters. The molecule has 26 heavy (non-hydrogen) atoms. The zero-order valence-corrected chi connectivity index (χ0v) is 15.1. The third-order valence-corrected chi connectivity index (χ3v) is 5.55. The summed E-state index contributed by atoms with van der Waals surface area (Å²) >= 11 is 1.70. The van der Waals surface area contributed by atoms with Crippen molar-refractivity contribution in [2.45, 2.75) is 13.3 Å². The van der Waals surface area contributed by atoms with E-state index in [-0.39, 0.29) is 5.97 Å². The second-order valence-corrected chi connectivity index (χ2v) is 6.94. The average molecular weight is 359 g/mol. The van der Waals surface area contributed by atoms with Crippen molar-refractivity contribution in [2.75, 3.05) is 0 Å². The lowest BCUT2D eigenvalue weighted by molar-refractivity contribution is 0.0749. The maximum Gasteiger partial charge on any atom is 0.326 e. The molecule has 0 spiro atoms. The number of benzene rings is 1. The molecule has 0 saturated carbocycles. The number of hydrogen-bond acceptors (Lipinski definition) is 5. The van der Waals surface area contributed by atoms with Gasteiger partial charge in [-0.1, -0.05) is 17.9 Å². The number of fused-ring (bicyclic) bond motifs is 1. The van der Waals surface area contributed by atoms with Crippen LogP contribution in [0.2, 0.25) is 0 Å². The van der Waals surface area contributed by atoms with E-state index in [4.69, 9.17) is 9.07 Å². The Hall–Kier alpha value is -3.04. The van der Waals surface area contributed by atoms with Gasteiger partial charge in [0.05, 0.1) is 10.4 Å². The molecule has 0 radical (unpaired) electrons. The number of thiophene rings is 1. The van der Waals surface area contributed by atoms with Crippen LogP contribution in [0.5, 0.6) is 0 Å². The van der Waals surface area contributed by atoms with Crippen LogP contribution in [0.15, 0.2) is 41.0 Å². The molecule has 0 N–H and O–H groups in total. The van der Waals surface area contributed by atoms with Gasteiger partial charge in [-0.3, -0.25) is 0 Å². The van der Waals surface area contributed by atoms with E-state index in [1.165, 1.54) is 24.1 Å². The maximum absolute atomic E-state index is 11.7. The minimum absolute atomic E-state index is 0.385. The fraction of sp³-hybridized carbons (Fsp3) is 0.100. The molecule has 0 aliphatic heterocycles. The lowest BCUT2D eigenvalue weighted by atomic mass is 10.1. The minimum Gasteiger partial charge on any atom is -0.540 e. The number of nitrogens with zero attached hydrogens (tertiary/aromatic N) is 1. The molecule has 0 unspecified atom stereocenters. The molecule has 1 aliphatic rings. The molecular formula is C20H14BNO3S. The first-order chi connectivity index (χ1) is 12.7. The van der Waals surface area contributed by atoms with Crippen LogP contribution < -0.4 is 0 Å². The first-order valence-electron chi connectivity index (χ1n) is 8.09. The van der Waals surface area contributed by atoms with Crippen LogP contribution >= 0.6 is 11.3 Å². The zero-order chi connectivity index (χ0) is 18.1. The fourth-order valence-electron chi connectivity index (χ4n) is 2.90. The summed E-state index contributed by atoms with van der Waals surface area (Å²) < 4.78 is 10.5. The van der Waals surface area contributed by atoms with Gasteiger partial charge < -0.3 is 9.07 Å². The van der Waals surface area contributed by atoms with Crippen LogP contribution in [0.25, 0.3) is 28.1 Å². The third-order valence-electron chi connectivity index (χ3n) is 4.22. The Balaban J connectivity index is 1.71. The summed E-state index contributed by atoms with van der Waals surface area (Å²) in [4.78, 5) is 18.7. The fourth-order valence-corrected chi connectivity index (χ4v) is 4.09. The number of carbonyl (C=O) groups is 1.